The summed E-state index contributed by atoms with van der Waals surface area (Å²) in [4.78, 5) is 95.0. The second-order valence-electron chi connectivity index (χ2n) is 25.1. The molecule has 0 aliphatic heterocycles. The topological polar surface area (TPSA) is 403 Å². The molecule has 0 radical (unpaired) electrons. The molecule has 0 bridgehead atoms. The summed E-state index contributed by atoms with van der Waals surface area (Å²) in [5, 5.41) is 24.6. The van der Waals surface area contributed by atoms with Crippen molar-refractivity contribution in [1.29, 1.82) is 0 Å². The predicted octanol–water partition coefficient (Wildman–Crippen LogP) is 13.3. The van der Waals surface area contributed by atoms with Gasteiger partial charge in [0.25, 0.3) is 5.78 Å². The number of rotatable bonds is 12. The second kappa shape index (κ2) is 51.1. The Bertz CT molecular complexity index is 4340. The first-order valence-corrected chi connectivity index (χ1v) is 42.3. The van der Waals surface area contributed by atoms with Gasteiger partial charge in [-0.15, -0.1) is 11.6 Å². The Morgan fingerprint density at radius 1 is 0.555 bits per heavy atom. The van der Waals surface area contributed by atoms with Crippen molar-refractivity contribution in [3.8, 4) is 0 Å². The van der Waals surface area contributed by atoms with Gasteiger partial charge in [0.1, 0.15) is 22.8 Å². The number of carbonyl (C=O) groups excluding carboxylic acids is 6. The van der Waals surface area contributed by atoms with Crippen LogP contribution in [0.2, 0.25) is 0 Å². The standard InChI is InChI=1S/C15H18N2O2.C13H15ClN2.C13H16N2O.C9H12N2.C9H11N.C6H9BrO3.C6H10O3.C4H6O3.C2H6O.Cl2OS.H2O4S/c1-3-19-15(18)13-10(2)17-9-8-11-6-4-5-7-12(11)14(17)16-13;1-9-12(8-14)15-13-11-5-3-2-4-10(11)6-7-16(9)13;1-9-12(8-16)14-13-11-5-3-2-4-10(11)6-7-15(9)13;10-9-8-4-2-1-3-7(8)5-6-11-9;1-2-4-9-7-10-6-5-8(9)3-1;1-3-10-6(9)5(8)4(2)7;1-3-5(7)6(8)9-4-2;1-2-3(5)4(6)7;1-2-3;1-4(2)3;1-5(2,3)4/h8-9H,3-7H2,1-2H3;6-7H,2-5,8H2,1H3;6-7,16H,2-5,8H2,1H3;5-6H,1-4H2,(H2,10,11);5-7H,1-4H2;4H,3H2,1-2H3;3-4H2,1-2H3;2H2,1H3,(H,6,7);3H,2H2,1H3;;(H2,1,2,3,4). The number of ether oxygens (including phenoxy) is 3. The molecule has 7 N–H and O–H groups in total. The van der Waals surface area contributed by atoms with E-state index in [-0.39, 0.29) is 45.2 Å². The SMILES string of the molecule is CCC(=O)C(=O)O.CCO.CCOC(=O)C(=O)C(C)Br.CCOC(=O)C(=O)CC.CCOC(=O)c1nc2c3c(ccn2c1C)CCCC3.Cc1c(CCl)nc2c3c(ccn12)CCCC3.Cc1c(CO)nc2c3c(ccn12)CCCC3.Nc1nccc2c1CCCC2.O=S(=O)(O)O.O=S(Cl)Cl.c1cc2c(cn1)CCCC2. The van der Waals surface area contributed by atoms with Crippen LogP contribution in [0.3, 0.4) is 0 Å². The summed E-state index contributed by atoms with van der Waals surface area (Å²) < 4.78 is 60.9. The van der Waals surface area contributed by atoms with Gasteiger partial charge in [-0.25, -0.2) is 43.3 Å². The van der Waals surface area contributed by atoms with Gasteiger partial charge in [0.05, 0.1) is 54.2 Å². The first-order chi connectivity index (χ1) is 52.3. The molecule has 1 atom stereocenters. The number of hydrogen-bond donors (Lipinski definition) is 6. The number of nitrogen functional groups attached to an aromatic ring is 1. The molecule has 110 heavy (non-hydrogen) atoms. The molecular weight excluding hydrogens is 1590 g/mol. The van der Waals surface area contributed by atoms with Crippen LogP contribution in [-0.4, -0.2) is 148 Å². The molecule has 606 valence electrons. The molecule has 0 amide bonds. The van der Waals surface area contributed by atoms with Crippen LogP contribution >= 0.6 is 48.9 Å². The van der Waals surface area contributed by atoms with Crippen LogP contribution in [0.5, 0.6) is 0 Å². The quantitative estimate of drug-likeness (QED) is 0.0165. The molecule has 0 fully saturated rings. The Balaban J connectivity index is 0.000000324. The van der Waals surface area contributed by atoms with Crippen LogP contribution in [0.25, 0.3) is 16.9 Å². The zero-order chi connectivity index (χ0) is 82.2. The summed E-state index contributed by atoms with van der Waals surface area (Å²) in [6.45, 7) is 18.7. The number of alkyl halides is 2. The number of aliphatic hydroxyl groups is 2. The lowest BCUT2D eigenvalue weighted by Gasteiger charge is -2.16. The maximum Gasteiger partial charge on any atom is 0.394 e. The van der Waals surface area contributed by atoms with Crippen molar-refractivity contribution in [3.05, 3.63) is 157 Å². The van der Waals surface area contributed by atoms with Gasteiger partial charge in [-0.3, -0.25) is 28.5 Å². The maximum absolute atomic E-state index is 11.9. The van der Waals surface area contributed by atoms with Crippen molar-refractivity contribution in [2.45, 2.75) is 228 Å². The molecule has 8 aromatic rings. The highest BCUT2D eigenvalue weighted by Crippen LogP contribution is 2.30. The van der Waals surface area contributed by atoms with Crippen molar-refractivity contribution in [1.82, 2.24) is 38.1 Å². The number of carbonyl (C=O) groups is 7. The van der Waals surface area contributed by atoms with Crippen molar-refractivity contribution in [3.63, 3.8) is 0 Å². The fraction of sp³-hybridized carbons (Fsp3) is 0.506. The number of aromatic nitrogens is 8. The van der Waals surface area contributed by atoms with E-state index in [1.54, 1.807) is 40.8 Å². The minimum absolute atomic E-state index is 0.0300. The summed E-state index contributed by atoms with van der Waals surface area (Å²) in [6.07, 6.45) is 36.7. The Hall–Kier alpha value is -7.65. The fourth-order valence-electron chi connectivity index (χ4n) is 12.2. The lowest BCUT2D eigenvalue weighted by Crippen LogP contribution is -2.23. The van der Waals surface area contributed by atoms with Crippen molar-refractivity contribution in [2.75, 3.05) is 32.2 Å². The lowest BCUT2D eigenvalue weighted by atomic mass is 9.93. The number of ketones is 3. The largest absolute Gasteiger partial charge is 0.476 e. The Morgan fingerprint density at radius 2 is 0.918 bits per heavy atom. The van der Waals surface area contributed by atoms with E-state index in [1.165, 1.54) is 165 Å². The van der Waals surface area contributed by atoms with E-state index in [9.17, 15) is 38.7 Å². The molecule has 13 rings (SSSR count). The van der Waals surface area contributed by atoms with Gasteiger partial charge in [0, 0.05) is 89.4 Å². The summed E-state index contributed by atoms with van der Waals surface area (Å²) in [5.74, 6) is -3.66. The number of halogens is 4. The molecule has 5 aliphatic carbocycles. The first kappa shape index (κ1) is 96.5. The molecule has 0 saturated carbocycles. The molecule has 8 heterocycles. The summed E-state index contributed by atoms with van der Waals surface area (Å²) >= 11 is 8.87. The number of hydrogen-bond acceptors (Lipinski definition) is 21. The number of imidazole rings is 3. The molecule has 5 aliphatic rings. The number of pyridine rings is 5. The van der Waals surface area contributed by atoms with Gasteiger partial charge in [0.2, 0.25) is 20.8 Å². The highest BCUT2D eigenvalue weighted by molar-refractivity contribution is 9.10. The Kier molecular flexibility index (Phi) is 44.8. The monoisotopic (exact) mass is 1690 g/mol. The van der Waals surface area contributed by atoms with Gasteiger partial charge in [-0.2, -0.15) is 8.42 Å². The van der Waals surface area contributed by atoms with E-state index in [0.29, 0.717) is 18.2 Å². The van der Waals surface area contributed by atoms with Crippen molar-refractivity contribution in [2.24, 2.45) is 0 Å². The lowest BCUT2D eigenvalue weighted by molar-refractivity contribution is -0.153. The minimum atomic E-state index is -4.67. The number of Topliss-reactive ketones (excluding diaryl/α,β-unsaturated/α-hetero) is 3. The third-order valence-electron chi connectivity index (χ3n) is 17.7. The number of nitrogens with two attached hydrogens (primary N) is 1. The normalized spacial score (nSPS) is 13.4. The number of carboxylic acids is 1. The molecular formula is C77H105BrCl3N9O18S2. The van der Waals surface area contributed by atoms with Crippen molar-refractivity contribution < 1.29 is 84.8 Å². The number of esters is 3. The van der Waals surface area contributed by atoms with Crippen LogP contribution in [0, 0.1) is 20.8 Å². The van der Waals surface area contributed by atoms with Gasteiger partial charge < -0.3 is 48.5 Å². The molecule has 33 heteroatoms. The molecule has 27 nitrogen and oxygen atoms in total. The number of aliphatic carboxylic acids is 1. The second-order valence-corrected chi connectivity index (χ2v) is 30.2. The maximum atomic E-state index is 11.9. The summed E-state index contributed by atoms with van der Waals surface area (Å²) in [5.41, 5.74) is 28.3. The van der Waals surface area contributed by atoms with E-state index in [4.69, 9.17) is 54.0 Å². The molecule has 0 aromatic carbocycles. The first-order valence-electron chi connectivity index (χ1n) is 36.6. The van der Waals surface area contributed by atoms with E-state index < -0.39 is 59.7 Å². The van der Waals surface area contributed by atoms with E-state index in [2.05, 4.69) is 130 Å². The number of fused-ring (bicyclic) bond motifs is 11. The average Bonchev–Trinajstić information content (AvgIpc) is 1.63. The van der Waals surface area contributed by atoms with Crippen LogP contribution in [0.1, 0.15) is 220 Å². The van der Waals surface area contributed by atoms with E-state index in [0.717, 1.165) is 77.6 Å². The van der Waals surface area contributed by atoms with Crippen LogP contribution < -0.4 is 5.73 Å². The third kappa shape index (κ3) is 31.8. The van der Waals surface area contributed by atoms with Crippen molar-refractivity contribution >= 4 is 133 Å². The third-order valence-corrected chi connectivity index (χ3v) is 18.4. The average molecular weight is 1700 g/mol. The van der Waals surface area contributed by atoms with Crippen LogP contribution in [-0.2, 0) is 139 Å². The fourth-order valence-corrected chi connectivity index (χ4v) is 12.6. The predicted molar refractivity (Wildman–Crippen MR) is 429 cm³/mol. The highest BCUT2D eigenvalue weighted by Gasteiger charge is 2.24. The highest BCUT2D eigenvalue weighted by atomic mass is 79.9. The number of aliphatic hydroxyl groups excluding tert-OH is 2. The smallest absolute Gasteiger partial charge is 0.394 e. The minimum Gasteiger partial charge on any atom is -0.476 e. The molecule has 1 unspecified atom stereocenters. The Labute approximate surface area is 668 Å². The number of anilines is 1. The van der Waals surface area contributed by atoms with Crippen LogP contribution in [0.4, 0.5) is 5.82 Å². The molecule has 0 spiro atoms. The van der Waals surface area contributed by atoms with Gasteiger partial charge in [0.15, 0.2) is 5.69 Å². The zero-order valence-electron chi connectivity index (χ0n) is 64.3. The molecule has 0 saturated heterocycles. The summed E-state index contributed by atoms with van der Waals surface area (Å²) in [6, 6.07) is 10.8. The number of nitrogens with zero attached hydrogens (tertiary/aromatic N) is 8. The van der Waals surface area contributed by atoms with Gasteiger partial charge in [-0.05, 0) is 270 Å². The Morgan fingerprint density at radius 3 is 1.30 bits per heavy atom. The van der Waals surface area contributed by atoms with Crippen LogP contribution in [0.15, 0.2) is 67.5 Å². The van der Waals surface area contributed by atoms with E-state index in [1.807, 2.05) is 43.8 Å². The number of aryl methyl sites for hydroxylation is 12. The van der Waals surface area contributed by atoms with Gasteiger partial charge >= 0.3 is 34.3 Å². The zero-order valence-corrected chi connectivity index (χ0v) is 69.7. The summed E-state index contributed by atoms with van der Waals surface area (Å²) in [7, 11) is 2.69. The van der Waals surface area contributed by atoms with E-state index >= 15 is 0 Å². The number of carboxylic acid groups (broad SMARTS) is 1. The van der Waals surface area contributed by atoms with Gasteiger partial charge in [-0.1, -0.05) is 29.8 Å². The molecule has 8 aromatic heterocycles.